The number of H-pyrrole nitrogens is 1. The predicted octanol–water partition coefficient (Wildman–Crippen LogP) is -0.507. The molecule has 1 saturated heterocycles. The highest BCUT2D eigenvalue weighted by Crippen LogP contribution is 2.32. The Kier molecular flexibility index (Phi) is 3.86. The van der Waals surface area contributed by atoms with Crippen LogP contribution in [0.25, 0.3) is 11.0 Å². The van der Waals surface area contributed by atoms with Crippen LogP contribution < -0.4 is 10.4 Å². The number of fused-ring (bicyclic) bond motifs is 1. The average Bonchev–Trinajstić information content (AvgIpc) is 3.01. The van der Waals surface area contributed by atoms with Crippen molar-refractivity contribution in [3.63, 3.8) is 0 Å². The van der Waals surface area contributed by atoms with E-state index in [4.69, 9.17) is 14.9 Å². The van der Waals surface area contributed by atoms with E-state index in [9.17, 15) is 10.2 Å². The first-order chi connectivity index (χ1) is 10.1. The number of aliphatic hydroxyl groups excluding tert-OH is 2. The van der Waals surface area contributed by atoms with Crippen LogP contribution >= 0.6 is 22.6 Å². The molecule has 0 radical (unpaired) electrons. The molecule has 0 saturated carbocycles. The van der Waals surface area contributed by atoms with E-state index >= 15 is 0 Å². The second kappa shape index (κ2) is 5.51. The fourth-order valence-electron chi connectivity index (χ4n) is 2.44. The molecule has 2 aromatic rings. The lowest BCUT2D eigenvalue weighted by Gasteiger charge is -2.16. The number of methoxy groups -OCH3 is 1. The minimum atomic E-state index is -0.790. The molecule has 3 heterocycles. The molecule has 10 heteroatoms. The summed E-state index contributed by atoms with van der Waals surface area (Å²) in [6, 6.07) is 0. The van der Waals surface area contributed by atoms with Gasteiger partial charge >= 0.3 is 0 Å². The molecule has 3 rings (SSSR count). The second-order valence-corrected chi connectivity index (χ2v) is 5.74. The molecule has 0 spiro atoms. The summed E-state index contributed by atoms with van der Waals surface area (Å²) in [4.78, 5) is 4.09. The van der Waals surface area contributed by atoms with Crippen molar-refractivity contribution >= 4 is 33.6 Å². The van der Waals surface area contributed by atoms with Gasteiger partial charge in [-0.05, 0) is 22.6 Å². The first-order valence-corrected chi connectivity index (χ1v) is 7.33. The number of aliphatic hydroxyl groups is 2. The summed E-state index contributed by atoms with van der Waals surface area (Å²) in [7, 11) is 1.48. The number of aromatic amines is 1. The number of nitrogens with one attached hydrogen (secondary N) is 2. The van der Waals surface area contributed by atoms with E-state index in [1.54, 1.807) is 0 Å². The molecule has 4 N–H and O–H groups in total. The van der Waals surface area contributed by atoms with Crippen LogP contribution in [0.4, 0.5) is 0 Å². The highest BCUT2D eigenvalue weighted by molar-refractivity contribution is 14.1. The van der Waals surface area contributed by atoms with E-state index in [1.165, 1.54) is 11.7 Å². The van der Waals surface area contributed by atoms with Gasteiger partial charge < -0.3 is 19.7 Å². The van der Waals surface area contributed by atoms with E-state index in [1.807, 2.05) is 0 Å². The molecule has 0 aromatic carbocycles. The number of rotatable bonds is 3. The number of hydrogen-bond donors (Lipinski definition) is 4. The molecular weight excluding hydrogens is 393 g/mol. The number of nitrogens with zero attached hydrogens (tertiary/aromatic N) is 3. The first-order valence-electron chi connectivity index (χ1n) is 6.26. The lowest BCUT2D eigenvalue weighted by atomic mass is 10.2. The highest BCUT2D eigenvalue weighted by Gasteiger charge is 2.36. The fourth-order valence-corrected chi connectivity index (χ4v) is 3.03. The molecular formula is C11H14IN5O4. The predicted molar refractivity (Wildman–Crippen MR) is 78.6 cm³/mol. The summed E-state index contributed by atoms with van der Waals surface area (Å²) in [5.74, 6) is 0.307. The smallest absolute Gasteiger partial charge is 0.230 e. The van der Waals surface area contributed by atoms with Crippen LogP contribution in [0.3, 0.4) is 0 Å². The monoisotopic (exact) mass is 407 g/mol. The van der Waals surface area contributed by atoms with Crippen molar-refractivity contribution in [1.29, 1.82) is 5.41 Å². The van der Waals surface area contributed by atoms with Crippen molar-refractivity contribution in [2.24, 2.45) is 0 Å². The number of aromatic nitrogens is 4. The Hall–Kier alpha value is -1.24. The van der Waals surface area contributed by atoms with Gasteiger partial charge in [0.15, 0.2) is 5.65 Å². The molecule has 114 valence electrons. The third-order valence-corrected chi connectivity index (χ3v) is 4.23. The van der Waals surface area contributed by atoms with Crippen LogP contribution in [0.1, 0.15) is 12.6 Å². The zero-order valence-electron chi connectivity index (χ0n) is 11.1. The van der Waals surface area contributed by atoms with Crippen LogP contribution in [-0.4, -0.2) is 55.9 Å². The summed E-state index contributed by atoms with van der Waals surface area (Å²) >= 11 is 2.07. The highest BCUT2D eigenvalue weighted by atomic mass is 127. The Morgan fingerprint density at radius 1 is 1.62 bits per heavy atom. The first kappa shape index (κ1) is 14.7. The molecule has 0 bridgehead atoms. The van der Waals surface area contributed by atoms with Crippen molar-refractivity contribution < 1.29 is 19.7 Å². The maximum Gasteiger partial charge on any atom is 0.230 e. The molecule has 9 nitrogen and oxygen atoms in total. The van der Waals surface area contributed by atoms with E-state index in [0.717, 1.165) is 3.70 Å². The molecule has 0 aliphatic carbocycles. The zero-order chi connectivity index (χ0) is 15.1. The van der Waals surface area contributed by atoms with Gasteiger partial charge in [0.2, 0.25) is 11.5 Å². The van der Waals surface area contributed by atoms with E-state index in [2.05, 4.69) is 37.8 Å². The summed E-state index contributed by atoms with van der Waals surface area (Å²) in [5, 5.41) is 34.7. The quantitative estimate of drug-likeness (QED) is 0.508. The summed E-state index contributed by atoms with van der Waals surface area (Å²) in [6.45, 7) is -0.281. The van der Waals surface area contributed by atoms with Crippen LogP contribution in [0.2, 0.25) is 0 Å². The van der Waals surface area contributed by atoms with Crippen LogP contribution in [0, 0.1) is 9.11 Å². The van der Waals surface area contributed by atoms with Gasteiger partial charge in [-0.2, -0.15) is 10.1 Å². The summed E-state index contributed by atoms with van der Waals surface area (Å²) in [6.07, 6.45) is -1.81. The Morgan fingerprint density at radius 2 is 2.38 bits per heavy atom. The summed E-state index contributed by atoms with van der Waals surface area (Å²) < 4.78 is 13.0. The maximum atomic E-state index is 9.86. The van der Waals surface area contributed by atoms with E-state index in [0.29, 0.717) is 16.9 Å². The minimum Gasteiger partial charge on any atom is -0.480 e. The van der Waals surface area contributed by atoms with Crippen molar-refractivity contribution in [2.45, 2.75) is 24.9 Å². The maximum absolute atomic E-state index is 9.86. The SMILES string of the molecule is COc1nc(=N)n([C@H]2CC(O)[C@@H](CO)O2)c2n[nH]c(I)c12. The standard InChI is InChI=1S/C11H14IN5O4/c1-20-10-7-8(12)15-16-9(7)17(11(13)14-10)6-2-4(19)5(3-18)21-6/h4-6,13,18-19H,2-3H2,1H3,(H,15,16)/t4?,5-,6-/m1/s1. The van der Waals surface area contributed by atoms with Crippen LogP contribution in [0.5, 0.6) is 5.88 Å². The third-order valence-electron chi connectivity index (χ3n) is 3.45. The molecule has 3 atom stereocenters. The van der Waals surface area contributed by atoms with E-state index in [-0.39, 0.29) is 18.6 Å². The Morgan fingerprint density at radius 3 is 3.00 bits per heavy atom. The molecule has 1 aliphatic heterocycles. The number of ether oxygens (including phenoxy) is 2. The molecule has 0 amide bonds. The van der Waals surface area contributed by atoms with Crippen molar-refractivity contribution in [3.05, 3.63) is 9.32 Å². The van der Waals surface area contributed by atoms with Crippen molar-refractivity contribution in [1.82, 2.24) is 19.7 Å². The molecule has 21 heavy (non-hydrogen) atoms. The topological polar surface area (TPSA) is 129 Å². The average molecular weight is 407 g/mol. The minimum absolute atomic E-state index is 0.0851. The second-order valence-electron chi connectivity index (χ2n) is 4.67. The Labute approximate surface area is 132 Å². The molecule has 1 aliphatic rings. The Balaban J connectivity index is 2.16. The van der Waals surface area contributed by atoms with Gasteiger partial charge in [0, 0.05) is 6.42 Å². The molecule has 1 unspecified atom stereocenters. The van der Waals surface area contributed by atoms with Gasteiger partial charge in [0.1, 0.15) is 21.4 Å². The van der Waals surface area contributed by atoms with Gasteiger partial charge in [-0.15, -0.1) is 0 Å². The molecule has 1 fully saturated rings. The van der Waals surface area contributed by atoms with Gasteiger partial charge in [-0.1, -0.05) is 0 Å². The number of halogens is 1. The van der Waals surface area contributed by atoms with Crippen LogP contribution in [-0.2, 0) is 4.74 Å². The van der Waals surface area contributed by atoms with Gasteiger partial charge in [0.05, 0.1) is 19.8 Å². The lowest BCUT2D eigenvalue weighted by molar-refractivity contribution is -0.0449. The fraction of sp³-hybridized carbons (Fsp3) is 0.545. The largest absolute Gasteiger partial charge is 0.480 e. The van der Waals surface area contributed by atoms with Gasteiger partial charge in [-0.3, -0.25) is 15.1 Å². The zero-order valence-corrected chi connectivity index (χ0v) is 13.2. The third kappa shape index (κ3) is 2.31. The van der Waals surface area contributed by atoms with E-state index < -0.39 is 18.4 Å². The lowest BCUT2D eigenvalue weighted by Crippen LogP contribution is -2.29. The normalized spacial score (nSPS) is 25.6. The summed E-state index contributed by atoms with van der Waals surface area (Å²) in [5.41, 5.74) is 0.380. The number of hydrogen-bond acceptors (Lipinski definition) is 7. The van der Waals surface area contributed by atoms with Crippen molar-refractivity contribution in [3.8, 4) is 5.88 Å². The van der Waals surface area contributed by atoms with Gasteiger partial charge in [-0.25, -0.2) is 0 Å². The van der Waals surface area contributed by atoms with Crippen LogP contribution in [0.15, 0.2) is 0 Å². The Bertz CT molecular complexity index is 729. The van der Waals surface area contributed by atoms with Crippen molar-refractivity contribution in [2.75, 3.05) is 13.7 Å². The molecule has 2 aromatic heterocycles. The van der Waals surface area contributed by atoms with Gasteiger partial charge in [0.25, 0.3) is 0 Å².